The molecule has 0 aromatic carbocycles. The van der Waals surface area contributed by atoms with Gasteiger partial charge in [-0.05, 0) is 45.7 Å². The molecule has 0 spiro atoms. The SMILES string of the molecule is CC(C)(C)OC(=O)N1CCC(c2cn3cccc3c(Nc3nccs3)n2)CC1. The Bertz CT molecular complexity index is 953. The Hall–Kier alpha value is -2.61. The van der Waals surface area contributed by atoms with Crippen LogP contribution in [0.2, 0.25) is 0 Å². The first-order chi connectivity index (χ1) is 13.4. The number of rotatable bonds is 3. The Balaban J connectivity index is 1.50. The van der Waals surface area contributed by atoms with E-state index in [1.807, 2.05) is 44.5 Å². The zero-order chi connectivity index (χ0) is 19.7. The summed E-state index contributed by atoms with van der Waals surface area (Å²) in [7, 11) is 0. The van der Waals surface area contributed by atoms with Crippen molar-refractivity contribution in [2.45, 2.75) is 45.1 Å². The second-order valence-corrected chi connectivity index (χ2v) is 8.91. The minimum atomic E-state index is -0.467. The fraction of sp³-hybridized carbons (Fsp3) is 0.450. The normalized spacial score (nSPS) is 15.8. The van der Waals surface area contributed by atoms with Crippen molar-refractivity contribution >= 4 is 33.9 Å². The molecule has 1 fully saturated rings. The van der Waals surface area contributed by atoms with E-state index in [0.29, 0.717) is 19.0 Å². The quantitative estimate of drug-likeness (QED) is 0.694. The van der Waals surface area contributed by atoms with Gasteiger partial charge in [0, 0.05) is 43.0 Å². The number of fused-ring (bicyclic) bond motifs is 1. The van der Waals surface area contributed by atoms with Crippen LogP contribution < -0.4 is 5.32 Å². The lowest BCUT2D eigenvalue weighted by molar-refractivity contribution is 0.0204. The fourth-order valence-corrected chi connectivity index (χ4v) is 3.95. The molecule has 1 N–H and O–H groups in total. The molecule has 4 rings (SSSR count). The summed E-state index contributed by atoms with van der Waals surface area (Å²) in [4.78, 5) is 23.3. The topological polar surface area (TPSA) is 71.8 Å². The first kappa shape index (κ1) is 18.7. The van der Waals surface area contributed by atoms with Gasteiger partial charge >= 0.3 is 6.09 Å². The Morgan fingerprint density at radius 2 is 2.11 bits per heavy atom. The molecule has 1 amide bonds. The number of carbonyl (C=O) groups is 1. The number of aromatic nitrogens is 3. The third-order valence-corrected chi connectivity index (χ3v) is 5.44. The fourth-order valence-electron chi connectivity index (χ4n) is 3.42. The monoisotopic (exact) mass is 399 g/mol. The standard InChI is InChI=1S/C20H25N5O2S/c1-20(2,3)27-19(26)24-10-6-14(7-11-24)15-13-25-9-4-5-16(25)17(22-15)23-18-21-8-12-28-18/h4-5,8-9,12-14H,6-7,10-11H2,1-3H3,(H,21,22,23). The van der Waals surface area contributed by atoms with Gasteiger partial charge in [-0.2, -0.15) is 0 Å². The Morgan fingerprint density at radius 1 is 1.32 bits per heavy atom. The average Bonchev–Trinajstić information content (AvgIpc) is 3.32. The number of thiazole rings is 1. The van der Waals surface area contributed by atoms with Gasteiger partial charge in [0.25, 0.3) is 0 Å². The van der Waals surface area contributed by atoms with Crippen molar-refractivity contribution in [3.63, 3.8) is 0 Å². The molecule has 1 aliphatic rings. The van der Waals surface area contributed by atoms with Crippen molar-refractivity contribution in [1.82, 2.24) is 19.3 Å². The van der Waals surface area contributed by atoms with Crippen LogP contribution in [0.15, 0.2) is 36.1 Å². The van der Waals surface area contributed by atoms with Crippen LogP contribution in [0.25, 0.3) is 5.52 Å². The molecule has 3 aromatic heterocycles. The Labute approximate surface area is 168 Å². The van der Waals surface area contributed by atoms with E-state index in [2.05, 4.69) is 20.9 Å². The first-order valence-corrected chi connectivity index (χ1v) is 10.4. The molecule has 0 aliphatic carbocycles. The minimum absolute atomic E-state index is 0.231. The van der Waals surface area contributed by atoms with E-state index in [-0.39, 0.29) is 6.09 Å². The summed E-state index contributed by atoms with van der Waals surface area (Å²) in [6, 6.07) is 4.05. The van der Waals surface area contributed by atoms with Crippen LogP contribution in [0, 0.1) is 0 Å². The van der Waals surface area contributed by atoms with Crippen molar-refractivity contribution in [3.8, 4) is 0 Å². The molecule has 8 heteroatoms. The zero-order valence-electron chi connectivity index (χ0n) is 16.4. The number of carbonyl (C=O) groups excluding carboxylic acids is 1. The predicted octanol–water partition coefficient (Wildman–Crippen LogP) is 4.65. The molecule has 148 valence electrons. The number of amides is 1. The summed E-state index contributed by atoms with van der Waals surface area (Å²) in [5, 5.41) is 6.10. The summed E-state index contributed by atoms with van der Waals surface area (Å²) in [5.74, 6) is 1.12. The van der Waals surface area contributed by atoms with Crippen molar-refractivity contribution in [2.75, 3.05) is 18.4 Å². The smallest absolute Gasteiger partial charge is 0.410 e. The largest absolute Gasteiger partial charge is 0.444 e. The molecular formula is C20H25N5O2S. The number of piperidine rings is 1. The molecule has 0 bridgehead atoms. The summed E-state index contributed by atoms with van der Waals surface area (Å²) in [6.07, 6.45) is 7.41. The predicted molar refractivity (Wildman–Crippen MR) is 110 cm³/mol. The molecule has 1 aliphatic heterocycles. The molecule has 4 heterocycles. The van der Waals surface area contributed by atoms with Crippen LogP contribution in [0.4, 0.5) is 15.7 Å². The summed E-state index contributed by atoms with van der Waals surface area (Å²) in [6.45, 7) is 7.04. The molecule has 0 radical (unpaired) electrons. The third-order valence-electron chi connectivity index (χ3n) is 4.76. The van der Waals surface area contributed by atoms with Crippen molar-refractivity contribution in [1.29, 1.82) is 0 Å². The summed E-state index contributed by atoms with van der Waals surface area (Å²) < 4.78 is 7.59. The maximum absolute atomic E-state index is 12.3. The van der Waals surface area contributed by atoms with Gasteiger partial charge in [0.2, 0.25) is 0 Å². The average molecular weight is 400 g/mol. The second-order valence-electron chi connectivity index (χ2n) is 8.02. The maximum Gasteiger partial charge on any atom is 0.410 e. The van der Waals surface area contributed by atoms with Gasteiger partial charge in [-0.1, -0.05) is 0 Å². The van der Waals surface area contributed by atoms with Gasteiger partial charge in [0.05, 0.1) is 11.2 Å². The highest BCUT2D eigenvalue weighted by Crippen LogP contribution is 2.30. The number of anilines is 2. The van der Waals surface area contributed by atoms with Crippen molar-refractivity contribution in [3.05, 3.63) is 41.8 Å². The van der Waals surface area contributed by atoms with Crippen LogP contribution in [0.1, 0.15) is 45.2 Å². The van der Waals surface area contributed by atoms with E-state index >= 15 is 0 Å². The highest BCUT2D eigenvalue weighted by atomic mass is 32.1. The van der Waals surface area contributed by atoms with Gasteiger partial charge in [0.15, 0.2) is 10.9 Å². The lowest BCUT2D eigenvalue weighted by atomic mass is 9.94. The summed E-state index contributed by atoms with van der Waals surface area (Å²) in [5.41, 5.74) is 1.59. The minimum Gasteiger partial charge on any atom is -0.444 e. The molecule has 7 nitrogen and oxygen atoms in total. The number of likely N-dealkylation sites (tertiary alicyclic amines) is 1. The molecule has 0 unspecified atom stereocenters. The summed E-state index contributed by atoms with van der Waals surface area (Å²) >= 11 is 1.55. The number of ether oxygens (including phenoxy) is 1. The zero-order valence-corrected chi connectivity index (χ0v) is 17.2. The van der Waals surface area contributed by atoms with Gasteiger partial charge in [-0.3, -0.25) is 0 Å². The van der Waals surface area contributed by atoms with Crippen LogP contribution in [-0.4, -0.2) is 44.1 Å². The number of hydrogen-bond donors (Lipinski definition) is 1. The van der Waals surface area contributed by atoms with E-state index < -0.39 is 5.60 Å². The van der Waals surface area contributed by atoms with Gasteiger partial charge in [0.1, 0.15) is 5.60 Å². The van der Waals surface area contributed by atoms with Crippen molar-refractivity contribution in [2.24, 2.45) is 0 Å². The number of hydrogen-bond acceptors (Lipinski definition) is 6. The Morgan fingerprint density at radius 3 is 2.79 bits per heavy atom. The van der Waals surface area contributed by atoms with E-state index in [1.54, 1.807) is 22.4 Å². The van der Waals surface area contributed by atoms with Gasteiger partial charge < -0.3 is 19.4 Å². The second kappa shape index (κ2) is 7.43. The highest BCUT2D eigenvalue weighted by Gasteiger charge is 2.28. The molecule has 0 saturated carbocycles. The number of nitrogens with one attached hydrogen (secondary N) is 1. The van der Waals surface area contributed by atoms with Gasteiger partial charge in [-0.15, -0.1) is 11.3 Å². The first-order valence-electron chi connectivity index (χ1n) is 9.51. The van der Waals surface area contributed by atoms with Crippen LogP contribution in [0.3, 0.4) is 0 Å². The Kier molecular flexibility index (Phi) is 4.97. The van der Waals surface area contributed by atoms with E-state index in [1.165, 1.54) is 0 Å². The van der Waals surface area contributed by atoms with Crippen molar-refractivity contribution < 1.29 is 9.53 Å². The molecule has 1 saturated heterocycles. The maximum atomic E-state index is 12.3. The van der Waals surface area contributed by atoms with Crippen LogP contribution >= 0.6 is 11.3 Å². The van der Waals surface area contributed by atoms with Crippen LogP contribution in [0.5, 0.6) is 0 Å². The molecule has 3 aromatic rings. The third kappa shape index (κ3) is 4.11. The molecule has 0 atom stereocenters. The highest BCUT2D eigenvalue weighted by molar-refractivity contribution is 7.13. The molecule has 28 heavy (non-hydrogen) atoms. The van der Waals surface area contributed by atoms with Crippen LogP contribution in [-0.2, 0) is 4.74 Å². The number of nitrogens with zero attached hydrogens (tertiary/aromatic N) is 4. The van der Waals surface area contributed by atoms with E-state index in [4.69, 9.17) is 9.72 Å². The van der Waals surface area contributed by atoms with E-state index in [0.717, 1.165) is 35.0 Å². The van der Waals surface area contributed by atoms with E-state index in [9.17, 15) is 4.79 Å². The van der Waals surface area contributed by atoms with Gasteiger partial charge in [-0.25, -0.2) is 14.8 Å². The lowest BCUT2D eigenvalue weighted by Crippen LogP contribution is -2.41. The lowest BCUT2D eigenvalue weighted by Gasteiger charge is -2.33. The molecular weight excluding hydrogens is 374 g/mol.